The molecule has 6 rings (SSSR count). The Morgan fingerprint density at radius 2 is 1.66 bits per heavy atom. The Hall–Kier alpha value is -1.88. The second-order valence-corrected chi connectivity index (χ2v) is 9.92. The standard InChI is InChI=1S/C24H32N2O3/c1-3-29-20-6-4-19(5-7-20)26-22(27)11-21(23(26)28)25-15(2)24-12-16-8-17(13-24)10-18(9-16)14-24/h4-7,15-18,21,25H,3,8-14H2,1-2H3. The van der Waals surface area contributed by atoms with Crippen molar-refractivity contribution in [3.05, 3.63) is 24.3 Å². The smallest absolute Gasteiger partial charge is 0.251 e. The number of amides is 2. The van der Waals surface area contributed by atoms with Gasteiger partial charge in [-0.1, -0.05) is 0 Å². The van der Waals surface area contributed by atoms with Crippen LogP contribution in [0.2, 0.25) is 0 Å². The maximum atomic E-state index is 13.1. The van der Waals surface area contributed by atoms with Crippen LogP contribution in [0.4, 0.5) is 5.69 Å². The summed E-state index contributed by atoms with van der Waals surface area (Å²) < 4.78 is 5.47. The van der Waals surface area contributed by atoms with Gasteiger partial charge in [-0.15, -0.1) is 0 Å². The predicted molar refractivity (Wildman–Crippen MR) is 112 cm³/mol. The van der Waals surface area contributed by atoms with Gasteiger partial charge in [-0.3, -0.25) is 9.59 Å². The summed E-state index contributed by atoms with van der Waals surface area (Å²) in [7, 11) is 0. The fourth-order valence-corrected chi connectivity index (χ4v) is 7.08. The Kier molecular flexibility index (Phi) is 4.69. The van der Waals surface area contributed by atoms with Crippen molar-refractivity contribution >= 4 is 17.5 Å². The molecule has 1 aromatic rings. The molecule has 2 atom stereocenters. The number of nitrogens with one attached hydrogen (secondary N) is 1. The summed E-state index contributed by atoms with van der Waals surface area (Å²) in [6.45, 7) is 4.78. The first-order chi connectivity index (χ1) is 14.0. The molecule has 0 spiro atoms. The summed E-state index contributed by atoms with van der Waals surface area (Å²) in [5.74, 6) is 3.16. The van der Waals surface area contributed by atoms with Crippen LogP contribution in [0.25, 0.3) is 0 Å². The Morgan fingerprint density at radius 1 is 1.07 bits per heavy atom. The lowest BCUT2D eigenvalue weighted by atomic mass is 9.48. The summed E-state index contributed by atoms with van der Waals surface area (Å²) in [6.07, 6.45) is 8.39. The largest absolute Gasteiger partial charge is 0.494 e. The van der Waals surface area contributed by atoms with Crippen LogP contribution < -0.4 is 15.0 Å². The average Bonchev–Trinajstić information content (AvgIpc) is 2.95. The highest BCUT2D eigenvalue weighted by Gasteiger charge is 2.54. The molecule has 2 unspecified atom stereocenters. The van der Waals surface area contributed by atoms with Crippen molar-refractivity contribution in [3.8, 4) is 5.75 Å². The van der Waals surface area contributed by atoms with E-state index in [9.17, 15) is 9.59 Å². The van der Waals surface area contributed by atoms with Gasteiger partial charge in [0.2, 0.25) is 5.91 Å². The second-order valence-electron chi connectivity index (χ2n) is 9.92. The first-order valence-electron chi connectivity index (χ1n) is 11.3. The van der Waals surface area contributed by atoms with Gasteiger partial charge < -0.3 is 10.1 Å². The van der Waals surface area contributed by atoms with Crippen molar-refractivity contribution < 1.29 is 14.3 Å². The lowest BCUT2D eigenvalue weighted by Gasteiger charge is -2.59. The van der Waals surface area contributed by atoms with E-state index in [1.54, 1.807) is 12.1 Å². The van der Waals surface area contributed by atoms with E-state index in [0.717, 1.165) is 23.5 Å². The quantitative estimate of drug-likeness (QED) is 0.741. The zero-order chi connectivity index (χ0) is 20.2. The summed E-state index contributed by atoms with van der Waals surface area (Å²) in [5.41, 5.74) is 0.958. The predicted octanol–water partition coefficient (Wildman–Crippen LogP) is 3.91. The molecule has 4 aliphatic carbocycles. The van der Waals surface area contributed by atoms with Gasteiger partial charge in [0, 0.05) is 6.04 Å². The summed E-state index contributed by atoms with van der Waals surface area (Å²) in [5, 5.41) is 3.61. The molecule has 29 heavy (non-hydrogen) atoms. The van der Waals surface area contributed by atoms with E-state index in [4.69, 9.17) is 4.74 Å². The van der Waals surface area contributed by atoms with Crippen LogP contribution in [0.5, 0.6) is 5.75 Å². The van der Waals surface area contributed by atoms with Crippen LogP contribution in [0.1, 0.15) is 58.8 Å². The molecule has 4 saturated carbocycles. The number of rotatable bonds is 6. The third-order valence-corrected chi connectivity index (χ3v) is 8.01. The number of imide groups is 1. The zero-order valence-electron chi connectivity index (χ0n) is 17.5. The highest BCUT2D eigenvalue weighted by atomic mass is 16.5. The van der Waals surface area contributed by atoms with Crippen LogP contribution in [0, 0.1) is 23.2 Å². The van der Waals surface area contributed by atoms with Gasteiger partial charge >= 0.3 is 0 Å². The highest BCUT2D eigenvalue weighted by Crippen LogP contribution is 2.61. The summed E-state index contributed by atoms with van der Waals surface area (Å²) >= 11 is 0. The number of anilines is 1. The van der Waals surface area contributed by atoms with Gasteiger partial charge in [0.1, 0.15) is 5.75 Å². The second kappa shape index (κ2) is 7.12. The maximum absolute atomic E-state index is 13.1. The van der Waals surface area contributed by atoms with E-state index in [1.165, 1.54) is 43.4 Å². The molecule has 4 bridgehead atoms. The van der Waals surface area contributed by atoms with E-state index in [2.05, 4.69) is 12.2 Å². The van der Waals surface area contributed by atoms with Crippen LogP contribution in [-0.4, -0.2) is 30.5 Å². The first-order valence-corrected chi connectivity index (χ1v) is 11.3. The van der Waals surface area contributed by atoms with Gasteiger partial charge in [-0.25, -0.2) is 4.90 Å². The minimum absolute atomic E-state index is 0.115. The monoisotopic (exact) mass is 396 g/mol. The van der Waals surface area contributed by atoms with Gasteiger partial charge in [0.25, 0.3) is 5.91 Å². The Balaban J connectivity index is 1.29. The third kappa shape index (κ3) is 3.27. The van der Waals surface area contributed by atoms with Crippen molar-refractivity contribution in [2.24, 2.45) is 23.2 Å². The molecule has 1 saturated heterocycles. The Labute approximate surface area is 173 Å². The molecule has 5 heteroatoms. The van der Waals surface area contributed by atoms with Crippen molar-refractivity contribution in [3.63, 3.8) is 0 Å². The Bertz CT molecular complexity index is 768. The molecule has 1 aromatic carbocycles. The molecular weight excluding hydrogens is 364 g/mol. The minimum Gasteiger partial charge on any atom is -0.494 e. The van der Waals surface area contributed by atoms with Gasteiger partial charge in [-0.2, -0.15) is 0 Å². The molecule has 0 radical (unpaired) electrons. The highest BCUT2D eigenvalue weighted by molar-refractivity contribution is 6.22. The van der Waals surface area contributed by atoms with E-state index < -0.39 is 6.04 Å². The van der Waals surface area contributed by atoms with Crippen molar-refractivity contribution in [2.75, 3.05) is 11.5 Å². The number of nitrogens with zero attached hydrogens (tertiary/aromatic N) is 1. The molecule has 1 N–H and O–H groups in total. The summed E-state index contributed by atoms with van der Waals surface area (Å²) in [4.78, 5) is 27.1. The molecule has 5 nitrogen and oxygen atoms in total. The zero-order valence-corrected chi connectivity index (χ0v) is 17.5. The topological polar surface area (TPSA) is 58.6 Å². The molecule has 1 heterocycles. The molecule has 156 valence electrons. The molecular formula is C24H32N2O3. The average molecular weight is 397 g/mol. The third-order valence-electron chi connectivity index (χ3n) is 8.01. The molecule has 5 fully saturated rings. The number of ether oxygens (including phenoxy) is 1. The SMILES string of the molecule is CCOc1ccc(N2C(=O)CC(NC(C)C34CC5CC(CC(C5)C3)C4)C2=O)cc1. The molecule has 2 amide bonds. The maximum Gasteiger partial charge on any atom is 0.251 e. The van der Waals surface area contributed by atoms with E-state index in [0.29, 0.717) is 17.7 Å². The Morgan fingerprint density at radius 3 is 2.21 bits per heavy atom. The van der Waals surface area contributed by atoms with Gasteiger partial charge in [0.15, 0.2) is 0 Å². The number of carbonyl (C=O) groups excluding carboxylic acids is 2. The molecule has 1 aliphatic heterocycles. The lowest BCUT2D eigenvalue weighted by Crippen LogP contribution is -2.57. The number of benzene rings is 1. The van der Waals surface area contributed by atoms with Crippen LogP contribution >= 0.6 is 0 Å². The van der Waals surface area contributed by atoms with Gasteiger partial charge in [0.05, 0.1) is 24.8 Å². The number of hydrogen-bond donors (Lipinski definition) is 1. The first kappa shape index (κ1) is 19.1. The van der Waals surface area contributed by atoms with Crippen LogP contribution in [0.15, 0.2) is 24.3 Å². The normalized spacial score (nSPS) is 36.7. The van der Waals surface area contributed by atoms with Crippen LogP contribution in [0.3, 0.4) is 0 Å². The summed E-state index contributed by atoms with van der Waals surface area (Å²) in [6, 6.07) is 7.10. The molecule has 0 aromatic heterocycles. The van der Waals surface area contributed by atoms with Crippen LogP contribution in [-0.2, 0) is 9.59 Å². The number of hydrogen-bond acceptors (Lipinski definition) is 4. The van der Waals surface area contributed by atoms with E-state index >= 15 is 0 Å². The number of carbonyl (C=O) groups is 2. The van der Waals surface area contributed by atoms with Crippen molar-refractivity contribution in [2.45, 2.75) is 70.9 Å². The fourth-order valence-electron chi connectivity index (χ4n) is 7.08. The van der Waals surface area contributed by atoms with Crippen molar-refractivity contribution in [1.82, 2.24) is 5.32 Å². The fraction of sp³-hybridized carbons (Fsp3) is 0.667. The minimum atomic E-state index is -0.405. The lowest BCUT2D eigenvalue weighted by molar-refractivity contribution is -0.122. The van der Waals surface area contributed by atoms with Crippen molar-refractivity contribution in [1.29, 1.82) is 0 Å². The van der Waals surface area contributed by atoms with Gasteiger partial charge in [-0.05, 0) is 99.8 Å². The van der Waals surface area contributed by atoms with E-state index in [1.807, 2.05) is 19.1 Å². The molecule has 5 aliphatic rings. The van der Waals surface area contributed by atoms with E-state index in [-0.39, 0.29) is 24.3 Å².